The highest BCUT2D eigenvalue weighted by Crippen LogP contribution is 2.17. The molecule has 138 valence electrons. The van der Waals surface area contributed by atoms with Crippen LogP contribution in [-0.4, -0.2) is 12.5 Å². The van der Waals surface area contributed by atoms with E-state index in [9.17, 15) is 4.79 Å². The van der Waals surface area contributed by atoms with Gasteiger partial charge in [0.1, 0.15) is 0 Å². The summed E-state index contributed by atoms with van der Waals surface area (Å²) < 4.78 is 0. The van der Waals surface area contributed by atoms with E-state index in [-0.39, 0.29) is 5.91 Å². The number of amides is 1. The Balaban J connectivity index is 1.59. The standard InChI is InChI=1S/C24H26N2O/c1-20-10-8-9-13-22(20)18-25-24(27)16-17-26(23-14-6-3-7-15-23)19-21-11-4-2-5-12-21/h2-15H,16-19H2,1H3,(H,25,27). The molecule has 0 aliphatic carbocycles. The minimum atomic E-state index is 0.0762. The minimum absolute atomic E-state index is 0.0762. The van der Waals surface area contributed by atoms with Crippen molar-refractivity contribution in [1.82, 2.24) is 5.32 Å². The topological polar surface area (TPSA) is 32.3 Å². The number of nitrogens with one attached hydrogen (secondary N) is 1. The predicted octanol–water partition coefficient (Wildman–Crippen LogP) is 4.71. The Bertz CT molecular complexity index is 847. The molecule has 0 saturated carbocycles. The van der Waals surface area contributed by atoms with E-state index in [2.05, 4.69) is 53.5 Å². The van der Waals surface area contributed by atoms with Gasteiger partial charge >= 0.3 is 0 Å². The van der Waals surface area contributed by atoms with Gasteiger partial charge in [-0.05, 0) is 35.7 Å². The maximum atomic E-state index is 12.4. The van der Waals surface area contributed by atoms with Crippen LogP contribution in [0.4, 0.5) is 5.69 Å². The maximum absolute atomic E-state index is 12.4. The maximum Gasteiger partial charge on any atom is 0.222 e. The summed E-state index contributed by atoms with van der Waals surface area (Å²) in [5, 5.41) is 3.04. The second-order valence-corrected chi connectivity index (χ2v) is 6.70. The summed E-state index contributed by atoms with van der Waals surface area (Å²) in [6.45, 7) is 4.11. The third kappa shape index (κ3) is 5.71. The van der Waals surface area contributed by atoms with Crippen LogP contribution >= 0.6 is 0 Å². The monoisotopic (exact) mass is 358 g/mol. The molecular weight excluding hydrogens is 332 g/mol. The Kier molecular flexibility index (Phi) is 6.64. The summed E-state index contributed by atoms with van der Waals surface area (Å²) in [7, 11) is 0. The van der Waals surface area contributed by atoms with Crippen molar-refractivity contribution in [3.05, 3.63) is 102 Å². The summed E-state index contributed by atoms with van der Waals surface area (Å²) in [5.74, 6) is 0.0762. The van der Waals surface area contributed by atoms with Crippen LogP contribution in [0.2, 0.25) is 0 Å². The quantitative estimate of drug-likeness (QED) is 0.632. The van der Waals surface area contributed by atoms with Crippen LogP contribution in [0, 0.1) is 6.92 Å². The SMILES string of the molecule is Cc1ccccc1CNC(=O)CCN(Cc1ccccc1)c1ccccc1. The molecule has 1 N–H and O–H groups in total. The van der Waals surface area contributed by atoms with Gasteiger partial charge in [0.25, 0.3) is 0 Å². The number of rotatable bonds is 8. The number of anilines is 1. The first-order chi connectivity index (χ1) is 13.2. The molecule has 0 atom stereocenters. The Morgan fingerprint density at radius 3 is 2.19 bits per heavy atom. The average Bonchev–Trinajstić information content (AvgIpc) is 2.72. The highest BCUT2D eigenvalue weighted by molar-refractivity contribution is 5.76. The zero-order valence-electron chi connectivity index (χ0n) is 15.8. The van der Waals surface area contributed by atoms with E-state index in [4.69, 9.17) is 0 Å². The van der Waals surface area contributed by atoms with Gasteiger partial charge < -0.3 is 10.2 Å². The van der Waals surface area contributed by atoms with Crippen molar-refractivity contribution in [3.8, 4) is 0 Å². The highest BCUT2D eigenvalue weighted by atomic mass is 16.1. The molecule has 0 unspecified atom stereocenters. The van der Waals surface area contributed by atoms with Crippen LogP contribution in [-0.2, 0) is 17.9 Å². The Hall–Kier alpha value is -3.07. The Morgan fingerprint density at radius 2 is 1.48 bits per heavy atom. The van der Waals surface area contributed by atoms with Gasteiger partial charge in [0.05, 0.1) is 0 Å². The van der Waals surface area contributed by atoms with Crippen molar-refractivity contribution in [2.75, 3.05) is 11.4 Å². The zero-order chi connectivity index (χ0) is 18.9. The van der Waals surface area contributed by atoms with Crippen LogP contribution in [0.1, 0.15) is 23.1 Å². The highest BCUT2D eigenvalue weighted by Gasteiger charge is 2.10. The van der Waals surface area contributed by atoms with Crippen molar-refractivity contribution < 1.29 is 4.79 Å². The first-order valence-electron chi connectivity index (χ1n) is 9.37. The number of para-hydroxylation sites is 1. The molecule has 1 amide bonds. The summed E-state index contributed by atoms with van der Waals surface area (Å²) >= 11 is 0. The van der Waals surface area contributed by atoms with Crippen molar-refractivity contribution in [1.29, 1.82) is 0 Å². The summed E-state index contributed by atoms with van der Waals surface area (Å²) in [5.41, 5.74) is 4.73. The van der Waals surface area contributed by atoms with Gasteiger partial charge in [0.2, 0.25) is 5.91 Å². The van der Waals surface area contributed by atoms with E-state index in [0.717, 1.165) is 17.8 Å². The van der Waals surface area contributed by atoms with Crippen molar-refractivity contribution in [2.45, 2.75) is 26.4 Å². The lowest BCUT2D eigenvalue weighted by Crippen LogP contribution is -2.30. The van der Waals surface area contributed by atoms with Crippen LogP contribution < -0.4 is 10.2 Å². The van der Waals surface area contributed by atoms with Crippen molar-refractivity contribution in [2.24, 2.45) is 0 Å². The normalized spacial score (nSPS) is 10.4. The lowest BCUT2D eigenvalue weighted by Gasteiger charge is -2.25. The van der Waals surface area contributed by atoms with Gasteiger partial charge in [0.15, 0.2) is 0 Å². The molecule has 3 nitrogen and oxygen atoms in total. The molecule has 0 fully saturated rings. The Morgan fingerprint density at radius 1 is 0.852 bits per heavy atom. The predicted molar refractivity (Wildman–Crippen MR) is 112 cm³/mol. The molecule has 0 saturated heterocycles. The second kappa shape index (κ2) is 9.58. The number of nitrogens with zero attached hydrogens (tertiary/aromatic N) is 1. The van der Waals surface area contributed by atoms with E-state index < -0.39 is 0 Å². The molecule has 0 radical (unpaired) electrons. The van der Waals surface area contributed by atoms with Gasteiger partial charge in [-0.1, -0.05) is 72.8 Å². The van der Waals surface area contributed by atoms with E-state index in [1.165, 1.54) is 11.1 Å². The molecule has 3 aromatic carbocycles. The van der Waals surface area contributed by atoms with Gasteiger partial charge in [0, 0.05) is 31.7 Å². The summed E-state index contributed by atoms with van der Waals surface area (Å²) in [4.78, 5) is 14.6. The molecule has 3 heteroatoms. The van der Waals surface area contributed by atoms with Gasteiger partial charge in [-0.2, -0.15) is 0 Å². The molecule has 0 aromatic heterocycles. The number of hydrogen-bond donors (Lipinski definition) is 1. The first kappa shape index (κ1) is 18.7. The lowest BCUT2D eigenvalue weighted by atomic mass is 10.1. The first-order valence-corrected chi connectivity index (χ1v) is 9.37. The molecule has 3 rings (SSSR count). The number of benzene rings is 3. The third-order valence-electron chi connectivity index (χ3n) is 4.68. The van der Waals surface area contributed by atoms with Gasteiger partial charge in [-0.25, -0.2) is 0 Å². The van der Waals surface area contributed by atoms with E-state index in [1.807, 2.05) is 48.5 Å². The summed E-state index contributed by atoms with van der Waals surface area (Å²) in [6, 6.07) is 28.8. The fourth-order valence-electron chi connectivity index (χ4n) is 3.07. The molecule has 27 heavy (non-hydrogen) atoms. The number of carbonyl (C=O) groups is 1. The fourth-order valence-corrected chi connectivity index (χ4v) is 3.07. The Labute approximate surface area is 161 Å². The van der Waals surface area contributed by atoms with Crippen molar-refractivity contribution in [3.63, 3.8) is 0 Å². The molecule has 0 spiro atoms. The lowest BCUT2D eigenvalue weighted by molar-refractivity contribution is -0.121. The molecule has 0 aliphatic rings. The molecular formula is C24H26N2O. The van der Waals surface area contributed by atoms with Crippen LogP contribution in [0.5, 0.6) is 0 Å². The minimum Gasteiger partial charge on any atom is -0.367 e. The van der Waals surface area contributed by atoms with E-state index in [0.29, 0.717) is 19.5 Å². The largest absolute Gasteiger partial charge is 0.367 e. The average molecular weight is 358 g/mol. The van der Waals surface area contributed by atoms with E-state index >= 15 is 0 Å². The molecule has 3 aromatic rings. The van der Waals surface area contributed by atoms with Crippen LogP contribution in [0.25, 0.3) is 0 Å². The fraction of sp³-hybridized carbons (Fsp3) is 0.208. The van der Waals surface area contributed by atoms with E-state index in [1.54, 1.807) is 0 Å². The molecule has 0 heterocycles. The van der Waals surface area contributed by atoms with Crippen LogP contribution in [0.15, 0.2) is 84.9 Å². The molecule has 0 aliphatic heterocycles. The van der Waals surface area contributed by atoms with Crippen molar-refractivity contribution >= 4 is 11.6 Å². The number of carbonyl (C=O) groups excluding carboxylic acids is 1. The summed E-state index contributed by atoms with van der Waals surface area (Å²) in [6.07, 6.45) is 0.466. The number of aryl methyl sites for hydroxylation is 1. The van der Waals surface area contributed by atoms with Crippen LogP contribution in [0.3, 0.4) is 0 Å². The third-order valence-corrected chi connectivity index (χ3v) is 4.68. The second-order valence-electron chi connectivity index (χ2n) is 6.70. The smallest absolute Gasteiger partial charge is 0.222 e. The zero-order valence-corrected chi connectivity index (χ0v) is 15.8. The van der Waals surface area contributed by atoms with Gasteiger partial charge in [-0.15, -0.1) is 0 Å². The molecule has 0 bridgehead atoms. The van der Waals surface area contributed by atoms with Gasteiger partial charge in [-0.3, -0.25) is 4.79 Å². The number of hydrogen-bond acceptors (Lipinski definition) is 2.